The first-order valence-corrected chi connectivity index (χ1v) is 8.19. The highest BCUT2D eigenvalue weighted by molar-refractivity contribution is 5.51. The van der Waals surface area contributed by atoms with Gasteiger partial charge < -0.3 is 24.6 Å². The minimum atomic E-state index is 0.455. The Bertz CT molecular complexity index is 848. The summed E-state index contributed by atoms with van der Waals surface area (Å²) in [5, 5.41) is 10.1. The molecule has 0 unspecified atom stereocenters. The van der Waals surface area contributed by atoms with Crippen LogP contribution in [0.5, 0.6) is 11.5 Å². The van der Waals surface area contributed by atoms with Crippen molar-refractivity contribution in [3.8, 4) is 11.5 Å². The highest BCUT2D eigenvalue weighted by atomic mass is 16.5. The Balaban J connectivity index is 1.52. The normalized spacial score (nSPS) is 10.4. The highest BCUT2D eigenvalue weighted by Crippen LogP contribution is 2.17. The molecule has 0 spiro atoms. The number of benzene rings is 1. The third-order valence-corrected chi connectivity index (χ3v) is 3.46. The molecule has 0 bridgehead atoms. The van der Waals surface area contributed by atoms with Crippen LogP contribution in [0.4, 0.5) is 17.6 Å². The monoisotopic (exact) mass is 355 g/mol. The Morgan fingerprint density at radius 3 is 2.46 bits per heavy atom. The predicted molar refractivity (Wildman–Crippen MR) is 98.3 cm³/mol. The molecular formula is C18H21N5O3. The molecule has 2 N–H and O–H groups in total. The highest BCUT2D eigenvalue weighted by Gasteiger charge is 2.06. The number of hydrogen-bond donors (Lipinski definition) is 2. The zero-order valence-electron chi connectivity index (χ0n) is 14.9. The Labute approximate surface area is 151 Å². The molecule has 3 rings (SSSR count). The van der Waals surface area contributed by atoms with E-state index in [0.717, 1.165) is 17.2 Å². The number of aromatic nitrogens is 3. The molecule has 0 amide bonds. The van der Waals surface area contributed by atoms with Gasteiger partial charge in [-0.1, -0.05) is 5.16 Å². The number of ether oxygens (including phenoxy) is 2. The lowest BCUT2D eigenvalue weighted by molar-refractivity contribution is 0.331. The van der Waals surface area contributed by atoms with Crippen LogP contribution in [0.15, 0.2) is 40.9 Å². The summed E-state index contributed by atoms with van der Waals surface area (Å²) in [7, 11) is 1.64. The summed E-state index contributed by atoms with van der Waals surface area (Å²) < 4.78 is 15.8. The fourth-order valence-corrected chi connectivity index (χ4v) is 2.27. The van der Waals surface area contributed by atoms with Crippen LogP contribution in [0, 0.1) is 13.8 Å². The summed E-state index contributed by atoms with van der Waals surface area (Å²) in [6, 6.07) is 11.1. The molecule has 0 aliphatic rings. The van der Waals surface area contributed by atoms with Gasteiger partial charge in [0.05, 0.1) is 13.7 Å². The first kappa shape index (κ1) is 17.5. The van der Waals surface area contributed by atoms with Crippen molar-refractivity contribution in [1.82, 2.24) is 15.1 Å². The molecule has 0 radical (unpaired) electrons. The second kappa shape index (κ2) is 8.19. The zero-order chi connectivity index (χ0) is 18.4. The van der Waals surface area contributed by atoms with E-state index < -0.39 is 0 Å². The molecule has 1 aromatic carbocycles. The predicted octanol–water partition coefficient (Wildman–Crippen LogP) is 3.32. The summed E-state index contributed by atoms with van der Waals surface area (Å²) in [6.07, 6.45) is 0. The van der Waals surface area contributed by atoms with Crippen LogP contribution in [0.25, 0.3) is 0 Å². The SMILES string of the molecule is COc1ccc(OCCNc2cc(C)nc(Nc3cc(C)on3)n2)cc1. The van der Waals surface area contributed by atoms with Crippen LogP contribution in [-0.4, -0.2) is 35.4 Å². The van der Waals surface area contributed by atoms with Gasteiger partial charge in [0.1, 0.15) is 29.7 Å². The average molecular weight is 355 g/mol. The largest absolute Gasteiger partial charge is 0.497 e. The smallest absolute Gasteiger partial charge is 0.230 e. The van der Waals surface area contributed by atoms with Crippen molar-refractivity contribution in [2.24, 2.45) is 0 Å². The van der Waals surface area contributed by atoms with Crippen LogP contribution in [0.2, 0.25) is 0 Å². The van der Waals surface area contributed by atoms with Crippen molar-refractivity contribution in [3.05, 3.63) is 47.9 Å². The third-order valence-electron chi connectivity index (χ3n) is 3.46. The fourth-order valence-electron chi connectivity index (χ4n) is 2.27. The lowest BCUT2D eigenvalue weighted by Gasteiger charge is -2.10. The first-order valence-electron chi connectivity index (χ1n) is 8.19. The standard InChI is InChI=1S/C18H21N5O3/c1-12-10-16(21-18(20-12)22-17-11-13(2)26-23-17)19-8-9-25-15-6-4-14(24-3)5-7-15/h4-7,10-11H,8-9H2,1-3H3,(H2,19,20,21,22,23). The minimum absolute atomic E-state index is 0.455. The fraction of sp³-hybridized carbons (Fsp3) is 0.278. The van der Waals surface area contributed by atoms with Gasteiger partial charge in [-0.25, -0.2) is 4.98 Å². The topological polar surface area (TPSA) is 94.3 Å². The van der Waals surface area contributed by atoms with E-state index >= 15 is 0 Å². The molecule has 2 aromatic heterocycles. The maximum Gasteiger partial charge on any atom is 0.230 e. The van der Waals surface area contributed by atoms with Crippen molar-refractivity contribution in [3.63, 3.8) is 0 Å². The molecule has 2 heterocycles. The summed E-state index contributed by atoms with van der Waals surface area (Å²) in [5.41, 5.74) is 0.835. The van der Waals surface area contributed by atoms with Crippen LogP contribution in [-0.2, 0) is 0 Å². The molecule has 0 saturated heterocycles. The van der Waals surface area contributed by atoms with Crippen molar-refractivity contribution < 1.29 is 14.0 Å². The Kier molecular flexibility index (Phi) is 5.52. The van der Waals surface area contributed by atoms with E-state index in [9.17, 15) is 0 Å². The number of rotatable bonds is 8. The molecule has 0 fully saturated rings. The Hall–Kier alpha value is -3.29. The van der Waals surface area contributed by atoms with Crippen LogP contribution in [0.1, 0.15) is 11.5 Å². The molecule has 0 aliphatic carbocycles. The molecule has 26 heavy (non-hydrogen) atoms. The molecule has 8 heteroatoms. The van der Waals surface area contributed by atoms with Crippen molar-refractivity contribution in [2.75, 3.05) is 30.9 Å². The van der Waals surface area contributed by atoms with E-state index in [1.165, 1.54) is 0 Å². The summed E-state index contributed by atoms with van der Waals surface area (Å²) in [6.45, 7) is 4.83. The Morgan fingerprint density at radius 2 is 1.77 bits per heavy atom. The second-order valence-electron chi connectivity index (χ2n) is 5.62. The number of nitrogens with one attached hydrogen (secondary N) is 2. The summed E-state index contributed by atoms with van der Waals surface area (Å²) in [5.74, 6) is 4.04. The average Bonchev–Trinajstić information content (AvgIpc) is 3.03. The van der Waals surface area contributed by atoms with Crippen LogP contribution < -0.4 is 20.1 Å². The summed E-state index contributed by atoms with van der Waals surface area (Å²) in [4.78, 5) is 8.76. The van der Waals surface area contributed by atoms with Gasteiger partial charge in [0.25, 0.3) is 0 Å². The van der Waals surface area contributed by atoms with Gasteiger partial charge >= 0.3 is 0 Å². The summed E-state index contributed by atoms with van der Waals surface area (Å²) >= 11 is 0. The van der Waals surface area contributed by atoms with Crippen molar-refractivity contribution in [2.45, 2.75) is 13.8 Å². The van der Waals surface area contributed by atoms with Gasteiger partial charge in [0, 0.05) is 17.8 Å². The first-order chi connectivity index (χ1) is 12.6. The van der Waals surface area contributed by atoms with Gasteiger partial charge in [-0.05, 0) is 38.1 Å². The number of anilines is 3. The molecule has 0 saturated carbocycles. The lowest BCUT2D eigenvalue weighted by atomic mass is 10.3. The molecule has 3 aromatic rings. The third kappa shape index (κ3) is 4.85. The maximum absolute atomic E-state index is 5.69. The lowest BCUT2D eigenvalue weighted by Crippen LogP contribution is -2.13. The van der Waals surface area contributed by atoms with Gasteiger partial charge in [0.2, 0.25) is 5.95 Å². The van der Waals surface area contributed by atoms with Gasteiger partial charge in [-0.2, -0.15) is 4.98 Å². The van der Waals surface area contributed by atoms with E-state index in [1.807, 2.05) is 44.2 Å². The van der Waals surface area contributed by atoms with E-state index in [-0.39, 0.29) is 0 Å². The number of nitrogens with zero attached hydrogens (tertiary/aromatic N) is 3. The number of hydrogen-bond acceptors (Lipinski definition) is 8. The second-order valence-corrected chi connectivity index (χ2v) is 5.62. The van der Waals surface area contributed by atoms with E-state index in [0.29, 0.717) is 36.5 Å². The van der Waals surface area contributed by atoms with Crippen molar-refractivity contribution >= 4 is 17.6 Å². The van der Waals surface area contributed by atoms with E-state index in [2.05, 4.69) is 25.8 Å². The van der Waals surface area contributed by atoms with E-state index in [1.54, 1.807) is 13.2 Å². The molecule has 0 aliphatic heterocycles. The van der Waals surface area contributed by atoms with E-state index in [4.69, 9.17) is 14.0 Å². The quantitative estimate of drug-likeness (QED) is 0.594. The molecule has 136 valence electrons. The molecular weight excluding hydrogens is 334 g/mol. The number of aryl methyl sites for hydroxylation is 2. The molecule has 8 nitrogen and oxygen atoms in total. The number of methoxy groups -OCH3 is 1. The Morgan fingerprint density at radius 1 is 1.00 bits per heavy atom. The minimum Gasteiger partial charge on any atom is -0.497 e. The van der Waals surface area contributed by atoms with Crippen molar-refractivity contribution in [1.29, 1.82) is 0 Å². The maximum atomic E-state index is 5.69. The zero-order valence-corrected chi connectivity index (χ0v) is 14.9. The van der Waals surface area contributed by atoms with Crippen LogP contribution >= 0.6 is 0 Å². The van der Waals surface area contributed by atoms with Crippen LogP contribution in [0.3, 0.4) is 0 Å². The van der Waals surface area contributed by atoms with Gasteiger partial charge in [-0.15, -0.1) is 0 Å². The van der Waals surface area contributed by atoms with Gasteiger partial charge in [-0.3, -0.25) is 0 Å². The van der Waals surface area contributed by atoms with Gasteiger partial charge in [0.15, 0.2) is 5.82 Å². The molecule has 0 atom stereocenters.